The maximum Gasteiger partial charge on any atom is 0.233 e. The zero-order valence-electron chi connectivity index (χ0n) is 11.0. The topological polar surface area (TPSA) is 66.7 Å². The number of carbonyl (C=O) groups is 2. The van der Waals surface area contributed by atoms with Crippen LogP contribution in [0.3, 0.4) is 0 Å². The average molecular weight is 277 g/mol. The third-order valence-corrected chi connectivity index (χ3v) is 3.22. The summed E-state index contributed by atoms with van der Waals surface area (Å²) in [5.41, 5.74) is 1.93. The molecule has 0 saturated carbocycles. The number of phenolic OH excluding ortho intramolecular Hbond substituents is 1. The van der Waals surface area contributed by atoms with E-state index in [9.17, 15) is 14.7 Å². The number of Topliss-reactive ketones (excluding diaryl/α,β-unsaturated/α-hetero) is 1. The summed E-state index contributed by atoms with van der Waals surface area (Å²) in [5, 5.41) is 9.70. The van der Waals surface area contributed by atoms with Crippen molar-refractivity contribution in [2.75, 3.05) is 0 Å². The van der Waals surface area contributed by atoms with Crippen molar-refractivity contribution in [2.24, 2.45) is 4.99 Å². The van der Waals surface area contributed by atoms with E-state index in [0.717, 1.165) is 0 Å². The molecule has 0 atom stereocenters. The number of aliphatic imine (C=N–C) groups is 1. The molecule has 21 heavy (non-hydrogen) atoms. The molecular weight excluding hydrogens is 266 g/mol. The molecule has 4 heteroatoms. The van der Waals surface area contributed by atoms with Crippen LogP contribution in [-0.4, -0.2) is 22.9 Å². The molecule has 3 rings (SSSR count). The van der Waals surface area contributed by atoms with Crippen molar-refractivity contribution in [1.82, 2.24) is 0 Å². The summed E-state index contributed by atoms with van der Waals surface area (Å²) in [7, 11) is 0. The van der Waals surface area contributed by atoms with Crippen LogP contribution in [0.5, 0.6) is 5.75 Å². The second kappa shape index (κ2) is 5.17. The van der Waals surface area contributed by atoms with Crippen LogP contribution in [-0.2, 0) is 4.79 Å². The lowest BCUT2D eigenvalue weighted by Crippen LogP contribution is -2.18. The summed E-state index contributed by atoms with van der Waals surface area (Å²) in [6, 6.07) is 13.6. The number of phenols is 1. The van der Waals surface area contributed by atoms with Gasteiger partial charge in [0.05, 0.1) is 5.70 Å². The van der Waals surface area contributed by atoms with Crippen LogP contribution in [0.2, 0.25) is 0 Å². The summed E-state index contributed by atoms with van der Waals surface area (Å²) < 4.78 is 0. The van der Waals surface area contributed by atoms with E-state index in [-0.39, 0.29) is 5.75 Å². The zero-order valence-corrected chi connectivity index (χ0v) is 11.0. The fourth-order valence-electron chi connectivity index (χ4n) is 2.15. The first-order valence-electron chi connectivity index (χ1n) is 6.38. The van der Waals surface area contributed by atoms with Gasteiger partial charge in [0, 0.05) is 29.0 Å². The smallest absolute Gasteiger partial charge is 0.233 e. The number of rotatable bonds is 2. The molecule has 0 aromatic heterocycles. The predicted octanol–water partition coefficient (Wildman–Crippen LogP) is 2.62. The first-order valence-corrected chi connectivity index (χ1v) is 6.38. The summed E-state index contributed by atoms with van der Waals surface area (Å²) in [6.45, 7) is 0. The molecule has 0 amide bonds. The molecule has 0 unspecified atom stereocenters. The first-order chi connectivity index (χ1) is 10.2. The van der Waals surface area contributed by atoms with E-state index < -0.39 is 11.6 Å². The van der Waals surface area contributed by atoms with Crippen molar-refractivity contribution in [3.8, 4) is 5.75 Å². The highest BCUT2D eigenvalue weighted by atomic mass is 16.3. The number of hydrogen-bond donors (Lipinski definition) is 1. The molecule has 102 valence electrons. The van der Waals surface area contributed by atoms with Gasteiger partial charge >= 0.3 is 0 Å². The first kappa shape index (κ1) is 13.0. The third kappa shape index (κ3) is 2.39. The monoisotopic (exact) mass is 277 g/mol. The molecule has 0 bridgehead atoms. The van der Waals surface area contributed by atoms with Gasteiger partial charge in [-0.3, -0.25) is 14.6 Å². The number of nitrogens with zero attached hydrogens (tertiary/aromatic N) is 1. The minimum Gasteiger partial charge on any atom is -0.507 e. The predicted molar refractivity (Wildman–Crippen MR) is 79.5 cm³/mol. The van der Waals surface area contributed by atoms with Crippen LogP contribution in [0.4, 0.5) is 0 Å². The van der Waals surface area contributed by atoms with Gasteiger partial charge in [0.2, 0.25) is 11.6 Å². The Morgan fingerprint density at radius 1 is 0.905 bits per heavy atom. The van der Waals surface area contributed by atoms with Gasteiger partial charge in [0.1, 0.15) is 5.75 Å². The minimum atomic E-state index is -0.585. The van der Waals surface area contributed by atoms with Gasteiger partial charge in [0.15, 0.2) is 0 Å². The number of allylic oxidation sites excluding steroid dienone is 1. The minimum absolute atomic E-state index is 0.105. The maximum atomic E-state index is 11.8. The Labute approximate surface area is 121 Å². The van der Waals surface area contributed by atoms with Crippen molar-refractivity contribution < 1.29 is 14.7 Å². The fraction of sp³-hybridized carbons (Fsp3) is 0. The number of fused-ring (bicyclic) bond motifs is 1. The summed E-state index contributed by atoms with van der Waals surface area (Å²) in [5.74, 6) is -1.00. The Bertz CT molecular complexity index is 803. The molecule has 0 fully saturated rings. The molecule has 1 aliphatic carbocycles. The molecule has 0 spiro atoms. The normalized spacial score (nSPS) is 14.2. The van der Waals surface area contributed by atoms with Crippen LogP contribution < -0.4 is 0 Å². The standard InChI is InChI=1S/C17H11NO3/c19-15-8-4-1-5-11(15)10-18-14-9-16(20)17(21)13-7-3-2-6-12(13)14/h1-10,19H. The van der Waals surface area contributed by atoms with E-state index in [2.05, 4.69) is 4.99 Å². The third-order valence-electron chi connectivity index (χ3n) is 3.22. The molecule has 0 aliphatic heterocycles. The van der Waals surface area contributed by atoms with Crippen LogP contribution in [0.25, 0.3) is 5.70 Å². The van der Waals surface area contributed by atoms with Crippen molar-refractivity contribution in [3.05, 3.63) is 71.3 Å². The van der Waals surface area contributed by atoms with Crippen LogP contribution in [0.1, 0.15) is 21.5 Å². The molecule has 2 aromatic rings. The molecular formula is C17H11NO3. The zero-order chi connectivity index (χ0) is 14.8. The van der Waals surface area contributed by atoms with Crippen LogP contribution in [0, 0.1) is 0 Å². The van der Waals surface area contributed by atoms with E-state index in [0.29, 0.717) is 22.4 Å². The maximum absolute atomic E-state index is 11.8. The van der Waals surface area contributed by atoms with E-state index in [1.807, 2.05) is 0 Å². The molecule has 4 nitrogen and oxygen atoms in total. The number of aromatic hydroxyl groups is 1. The van der Waals surface area contributed by atoms with Gasteiger partial charge in [-0.1, -0.05) is 36.4 Å². The van der Waals surface area contributed by atoms with Crippen LogP contribution in [0.15, 0.2) is 59.6 Å². The number of para-hydroxylation sites is 1. The summed E-state index contributed by atoms with van der Waals surface area (Å²) >= 11 is 0. The molecule has 0 heterocycles. The fourth-order valence-corrected chi connectivity index (χ4v) is 2.15. The quantitative estimate of drug-likeness (QED) is 0.677. The highest BCUT2D eigenvalue weighted by molar-refractivity contribution is 6.50. The van der Waals surface area contributed by atoms with Gasteiger partial charge in [-0.15, -0.1) is 0 Å². The summed E-state index contributed by atoms with van der Waals surface area (Å²) in [6.07, 6.45) is 2.70. The number of carbonyl (C=O) groups excluding carboxylic acids is 2. The highest BCUT2D eigenvalue weighted by Crippen LogP contribution is 2.26. The second-order valence-electron chi connectivity index (χ2n) is 4.59. The molecule has 1 aliphatic rings. The lowest BCUT2D eigenvalue weighted by atomic mass is 9.93. The Morgan fingerprint density at radius 2 is 1.57 bits per heavy atom. The second-order valence-corrected chi connectivity index (χ2v) is 4.59. The highest BCUT2D eigenvalue weighted by Gasteiger charge is 2.24. The molecule has 2 aromatic carbocycles. The summed E-state index contributed by atoms with van der Waals surface area (Å²) in [4.78, 5) is 27.7. The Kier molecular flexibility index (Phi) is 3.20. The molecule has 1 N–H and O–H groups in total. The Morgan fingerprint density at radius 3 is 2.33 bits per heavy atom. The van der Waals surface area contributed by atoms with Crippen molar-refractivity contribution >= 4 is 23.5 Å². The number of benzene rings is 2. The van der Waals surface area contributed by atoms with E-state index in [1.54, 1.807) is 48.5 Å². The Hall–Kier alpha value is -3.01. The SMILES string of the molecule is O=C1C=C(N=Cc2ccccc2O)c2ccccc2C1=O. The van der Waals surface area contributed by atoms with E-state index >= 15 is 0 Å². The van der Waals surface area contributed by atoms with Crippen molar-refractivity contribution in [1.29, 1.82) is 0 Å². The van der Waals surface area contributed by atoms with Crippen molar-refractivity contribution in [3.63, 3.8) is 0 Å². The van der Waals surface area contributed by atoms with E-state index in [1.165, 1.54) is 12.3 Å². The van der Waals surface area contributed by atoms with Crippen LogP contribution >= 0.6 is 0 Å². The van der Waals surface area contributed by atoms with Gasteiger partial charge in [0.25, 0.3) is 0 Å². The van der Waals surface area contributed by atoms with Gasteiger partial charge in [-0.25, -0.2) is 0 Å². The number of hydrogen-bond acceptors (Lipinski definition) is 4. The van der Waals surface area contributed by atoms with Crippen molar-refractivity contribution in [2.45, 2.75) is 0 Å². The lowest BCUT2D eigenvalue weighted by molar-refractivity contribution is -0.111. The average Bonchev–Trinajstić information content (AvgIpc) is 2.51. The molecule has 0 radical (unpaired) electrons. The van der Waals surface area contributed by atoms with E-state index in [4.69, 9.17) is 0 Å². The van der Waals surface area contributed by atoms with Gasteiger partial charge in [-0.05, 0) is 12.1 Å². The molecule has 0 saturated heterocycles. The number of ketones is 2. The lowest BCUT2D eigenvalue weighted by Gasteiger charge is -2.12. The largest absolute Gasteiger partial charge is 0.507 e. The van der Waals surface area contributed by atoms with Gasteiger partial charge in [-0.2, -0.15) is 0 Å². The van der Waals surface area contributed by atoms with Gasteiger partial charge < -0.3 is 5.11 Å². The Balaban J connectivity index is 2.03.